The van der Waals surface area contributed by atoms with E-state index in [1.54, 1.807) is 0 Å². The van der Waals surface area contributed by atoms with Crippen LogP contribution < -0.4 is 5.32 Å². The normalized spacial score (nSPS) is 14.1. The average Bonchev–Trinajstić information content (AvgIpc) is 3.27. The summed E-state index contributed by atoms with van der Waals surface area (Å²) < 4.78 is 0. The molecule has 1 N–H and O–H groups in total. The van der Waals surface area contributed by atoms with Gasteiger partial charge in [0.1, 0.15) is 12.0 Å². The summed E-state index contributed by atoms with van der Waals surface area (Å²) in [4.78, 5) is 10.2. The molecule has 0 saturated carbocycles. The first-order chi connectivity index (χ1) is 26.7. The summed E-state index contributed by atoms with van der Waals surface area (Å²) in [6.45, 7) is 0. The molecule has 1 heterocycles. The molecule has 254 valence electrons. The molecule has 0 aliphatic carbocycles. The highest BCUT2D eigenvalue weighted by Crippen LogP contribution is 2.38. The molecule has 0 spiro atoms. The van der Waals surface area contributed by atoms with E-state index in [0.717, 1.165) is 44.8 Å². The van der Waals surface area contributed by atoms with Gasteiger partial charge < -0.3 is 5.32 Å². The smallest absolute Gasteiger partial charge is 0.159 e. The average molecular weight is 690 g/mol. The molecular weight excluding hydrogens is 655 g/mol. The number of amidine groups is 2. The van der Waals surface area contributed by atoms with E-state index in [-0.39, 0.29) is 6.17 Å². The highest BCUT2D eigenvalue weighted by atomic mass is 15.2. The third-order valence-corrected chi connectivity index (χ3v) is 10.5. The second kappa shape index (κ2) is 13.5. The zero-order valence-electron chi connectivity index (χ0n) is 29.5. The highest BCUT2D eigenvalue weighted by Gasteiger charge is 2.22. The van der Waals surface area contributed by atoms with Gasteiger partial charge in [-0.1, -0.05) is 170 Å². The van der Waals surface area contributed by atoms with Gasteiger partial charge in [0.05, 0.1) is 0 Å². The summed E-state index contributed by atoms with van der Waals surface area (Å²) in [5.41, 5.74) is 9.98. The van der Waals surface area contributed by atoms with Gasteiger partial charge >= 0.3 is 0 Å². The van der Waals surface area contributed by atoms with Crippen molar-refractivity contribution in [2.24, 2.45) is 9.98 Å². The molecule has 0 fully saturated rings. The lowest BCUT2D eigenvalue weighted by molar-refractivity contribution is 0.674. The Morgan fingerprint density at radius 2 is 0.759 bits per heavy atom. The maximum atomic E-state index is 5.16. The molecule has 0 radical (unpaired) electrons. The second-order valence-corrected chi connectivity index (χ2v) is 13.8. The molecule has 0 bridgehead atoms. The molecule has 10 rings (SSSR count). The molecule has 1 unspecified atom stereocenters. The van der Waals surface area contributed by atoms with Crippen LogP contribution in [0.15, 0.2) is 210 Å². The number of hydrogen-bond acceptors (Lipinski definition) is 3. The van der Waals surface area contributed by atoms with Crippen LogP contribution in [-0.4, -0.2) is 11.7 Å². The molecule has 1 atom stereocenters. The van der Waals surface area contributed by atoms with E-state index < -0.39 is 0 Å². The Balaban J connectivity index is 1.11. The lowest BCUT2D eigenvalue weighted by atomic mass is 9.91. The van der Waals surface area contributed by atoms with Crippen LogP contribution in [0, 0.1) is 0 Å². The van der Waals surface area contributed by atoms with Gasteiger partial charge in [0.15, 0.2) is 5.84 Å². The van der Waals surface area contributed by atoms with E-state index in [9.17, 15) is 0 Å². The molecule has 1 aliphatic heterocycles. The van der Waals surface area contributed by atoms with E-state index in [2.05, 4.69) is 181 Å². The standard InChI is InChI=1S/C51H35N3/c1-4-15-34(16-5-1)40-30-41(32-42(31-40)51-53-49(35-17-6-2-7-18-35)52-50(54-51)36-19-8-3-9-20-36)38-22-14-21-37(29-38)39-27-28-47-45-25-11-10-23-43(45)44-24-12-13-26-46(44)48(47)33-39/h1-33,49H,(H,52,53,54). The van der Waals surface area contributed by atoms with Crippen LogP contribution in [0.4, 0.5) is 0 Å². The predicted octanol–water partition coefficient (Wildman–Crippen LogP) is 12.6. The van der Waals surface area contributed by atoms with Crippen molar-refractivity contribution in [3.8, 4) is 33.4 Å². The van der Waals surface area contributed by atoms with Gasteiger partial charge in [0, 0.05) is 11.1 Å². The molecule has 9 aromatic carbocycles. The summed E-state index contributed by atoms with van der Waals surface area (Å²) in [6, 6.07) is 71.3. The third-order valence-electron chi connectivity index (χ3n) is 10.5. The lowest BCUT2D eigenvalue weighted by Crippen LogP contribution is -2.33. The third kappa shape index (κ3) is 5.82. The number of fused-ring (bicyclic) bond motifs is 6. The maximum Gasteiger partial charge on any atom is 0.159 e. The van der Waals surface area contributed by atoms with Crippen LogP contribution in [-0.2, 0) is 0 Å². The fourth-order valence-electron chi connectivity index (χ4n) is 7.81. The van der Waals surface area contributed by atoms with E-state index >= 15 is 0 Å². The molecular formula is C51H35N3. The van der Waals surface area contributed by atoms with Crippen molar-refractivity contribution < 1.29 is 0 Å². The fraction of sp³-hybridized carbons (Fsp3) is 0.0196. The van der Waals surface area contributed by atoms with Crippen molar-refractivity contribution in [1.82, 2.24) is 5.32 Å². The SMILES string of the molecule is c1ccc(C2=NC(c3ccccc3)NC(c3cc(-c4ccccc4)cc(-c4cccc(-c5ccc6c7ccccc7c7ccccc7c6c5)c4)c3)=N2)cc1. The van der Waals surface area contributed by atoms with Gasteiger partial charge in [-0.25, -0.2) is 9.98 Å². The summed E-state index contributed by atoms with van der Waals surface area (Å²) in [5.74, 6) is 1.50. The Morgan fingerprint density at radius 3 is 1.41 bits per heavy atom. The van der Waals surface area contributed by atoms with Crippen molar-refractivity contribution in [2.75, 3.05) is 0 Å². The lowest BCUT2D eigenvalue weighted by Gasteiger charge is -2.24. The molecule has 1 aliphatic rings. The Morgan fingerprint density at radius 1 is 0.315 bits per heavy atom. The summed E-state index contributed by atoms with van der Waals surface area (Å²) >= 11 is 0. The quantitative estimate of drug-likeness (QED) is 0.173. The van der Waals surface area contributed by atoms with Crippen LogP contribution in [0.1, 0.15) is 22.9 Å². The van der Waals surface area contributed by atoms with Crippen LogP contribution in [0.3, 0.4) is 0 Å². The predicted molar refractivity (Wildman–Crippen MR) is 227 cm³/mol. The van der Waals surface area contributed by atoms with E-state index in [4.69, 9.17) is 9.98 Å². The minimum absolute atomic E-state index is 0.276. The monoisotopic (exact) mass is 689 g/mol. The van der Waals surface area contributed by atoms with Crippen molar-refractivity contribution in [1.29, 1.82) is 0 Å². The number of hydrogen-bond donors (Lipinski definition) is 1. The van der Waals surface area contributed by atoms with Gasteiger partial charge in [-0.3, -0.25) is 0 Å². The zero-order valence-corrected chi connectivity index (χ0v) is 29.5. The van der Waals surface area contributed by atoms with Crippen molar-refractivity contribution in [3.05, 3.63) is 217 Å². The van der Waals surface area contributed by atoms with Gasteiger partial charge in [-0.2, -0.15) is 0 Å². The molecule has 0 saturated heterocycles. The minimum Gasteiger partial charge on any atom is -0.344 e. The Hall–Kier alpha value is -7.10. The fourth-order valence-corrected chi connectivity index (χ4v) is 7.81. The van der Waals surface area contributed by atoms with Gasteiger partial charge in [-0.05, 0) is 102 Å². The van der Waals surface area contributed by atoms with E-state index in [1.165, 1.54) is 43.4 Å². The van der Waals surface area contributed by atoms with Gasteiger partial charge in [0.25, 0.3) is 0 Å². The first kappa shape index (κ1) is 31.6. The number of nitrogens with one attached hydrogen (secondary N) is 1. The first-order valence-electron chi connectivity index (χ1n) is 18.4. The topological polar surface area (TPSA) is 36.8 Å². The van der Waals surface area contributed by atoms with Crippen LogP contribution in [0.2, 0.25) is 0 Å². The highest BCUT2D eigenvalue weighted by molar-refractivity contribution is 6.25. The van der Waals surface area contributed by atoms with E-state index in [0.29, 0.717) is 5.84 Å². The van der Waals surface area contributed by atoms with Crippen LogP contribution in [0.25, 0.3) is 65.7 Å². The molecule has 3 nitrogen and oxygen atoms in total. The number of aliphatic imine (C=N–C) groups is 2. The molecule has 54 heavy (non-hydrogen) atoms. The van der Waals surface area contributed by atoms with Crippen LogP contribution in [0.5, 0.6) is 0 Å². The summed E-state index contributed by atoms with van der Waals surface area (Å²) in [5, 5.41) is 11.4. The van der Waals surface area contributed by atoms with Crippen molar-refractivity contribution in [2.45, 2.75) is 6.17 Å². The molecule has 3 heteroatoms. The number of rotatable bonds is 6. The Bertz CT molecular complexity index is 2860. The Labute approximate surface area is 314 Å². The minimum atomic E-state index is -0.276. The second-order valence-electron chi connectivity index (χ2n) is 13.8. The molecule has 0 amide bonds. The number of nitrogens with zero attached hydrogens (tertiary/aromatic N) is 2. The van der Waals surface area contributed by atoms with Crippen molar-refractivity contribution in [3.63, 3.8) is 0 Å². The first-order valence-corrected chi connectivity index (χ1v) is 18.4. The zero-order chi connectivity index (χ0) is 35.8. The maximum absolute atomic E-state index is 5.16. The van der Waals surface area contributed by atoms with E-state index in [1.807, 2.05) is 24.3 Å². The summed E-state index contributed by atoms with van der Waals surface area (Å²) in [6.07, 6.45) is -0.276. The van der Waals surface area contributed by atoms with Crippen LogP contribution >= 0.6 is 0 Å². The van der Waals surface area contributed by atoms with Crippen molar-refractivity contribution >= 4 is 44.0 Å². The van der Waals surface area contributed by atoms with Gasteiger partial charge in [0.2, 0.25) is 0 Å². The Kier molecular flexibility index (Phi) is 7.88. The number of benzene rings is 9. The molecule has 0 aromatic heterocycles. The summed E-state index contributed by atoms with van der Waals surface area (Å²) in [7, 11) is 0. The largest absolute Gasteiger partial charge is 0.344 e. The van der Waals surface area contributed by atoms with Gasteiger partial charge in [-0.15, -0.1) is 0 Å². The molecule has 9 aromatic rings.